The molecule has 0 saturated carbocycles. The number of carbonyl (C=O) groups excluding carboxylic acids is 4. The van der Waals surface area contributed by atoms with Gasteiger partial charge in [-0.25, -0.2) is 4.79 Å². The number of nitrogens with zero attached hydrogens (tertiary/aromatic N) is 2. The summed E-state index contributed by atoms with van der Waals surface area (Å²) in [6.07, 6.45) is 0. The molecule has 4 rings (SSSR count). The van der Waals surface area contributed by atoms with E-state index >= 15 is 0 Å². The minimum absolute atomic E-state index is 0.160. The number of urea groups is 1. The Hall–Kier alpha value is -4.14. The molecule has 1 aliphatic rings. The van der Waals surface area contributed by atoms with E-state index in [0.717, 1.165) is 10.3 Å². The molecule has 1 aromatic heterocycles. The van der Waals surface area contributed by atoms with Gasteiger partial charge in [0.2, 0.25) is 5.91 Å². The molecular formula is C23H22N4O5. The van der Waals surface area contributed by atoms with Gasteiger partial charge in [-0.2, -0.15) is 0 Å². The average molecular weight is 434 g/mol. The zero-order chi connectivity index (χ0) is 23.0. The molecule has 0 aliphatic carbocycles. The monoisotopic (exact) mass is 434 g/mol. The SMILES string of the molecule is CN(C)C(=O)c1ccc(NC(=O)CN2C(=O)N[C@@](C)(c3cc4ccccc4o3)C2=O)cc1. The summed E-state index contributed by atoms with van der Waals surface area (Å²) in [5.74, 6) is -0.995. The van der Waals surface area contributed by atoms with Crippen molar-refractivity contribution in [3.63, 3.8) is 0 Å². The van der Waals surface area contributed by atoms with Crippen molar-refractivity contribution in [2.75, 3.05) is 26.0 Å². The Morgan fingerprint density at radius 2 is 1.78 bits per heavy atom. The highest BCUT2D eigenvalue weighted by molar-refractivity contribution is 6.10. The van der Waals surface area contributed by atoms with Crippen molar-refractivity contribution in [2.24, 2.45) is 0 Å². The Kier molecular flexibility index (Phi) is 5.17. The maximum Gasteiger partial charge on any atom is 0.325 e. The smallest absolute Gasteiger partial charge is 0.325 e. The van der Waals surface area contributed by atoms with Crippen LogP contribution in [0.2, 0.25) is 0 Å². The van der Waals surface area contributed by atoms with Crippen molar-refractivity contribution in [1.29, 1.82) is 0 Å². The van der Waals surface area contributed by atoms with Crippen molar-refractivity contribution < 1.29 is 23.6 Å². The molecule has 0 spiro atoms. The van der Waals surface area contributed by atoms with Crippen molar-refractivity contribution in [2.45, 2.75) is 12.5 Å². The van der Waals surface area contributed by atoms with E-state index < -0.39 is 29.9 Å². The van der Waals surface area contributed by atoms with Crippen LogP contribution in [0.25, 0.3) is 11.0 Å². The van der Waals surface area contributed by atoms with E-state index in [4.69, 9.17) is 4.42 Å². The third-order valence-electron chi connectivity index (χ3n) is 5.32. The third-order valence-corrected chi connectivity index (χ3v) is 5.32. The molecule has 1 atom stereocenters. The first-order valence-electron chi connectivity index (χ1n) is 9.94. The van der Waals surface area contributed by atoms with Crippen LogP contribution >= 0.6 is 0 Å². The first kappa shape index (κ1) is 21.1. The molecule has 0 unspecified atom stereocenters. The topological polar surface area (TPSA) is 112 Å². The molecular weight excluding hydrogens is 412 g/mol. The normalized spacial score (nSPS) is 18.0. The number of hydrogen-bond acceptors (Lipinski definition) is 5. The minimum Gasteiger partial charge on any atom is -0.458 e. The Balaban J connectivity index is 1.46. The number of para-hydroxylation sites is 1. The number of fused-ring (bicyclic) bond motifs is 1. The van der Waals surface area contributed by atoms with Crippen LogP contribution < -0.4 is 10.6 Å². The number of imide groups is 1. The molecule has 3 aromatic rings. The molecule has 9 nitrogen and oxygen atoms in total. The Bertz CT molecular complexity index is 1200. The van der Waals surface area contributed by atoms with Gasteiger partial charge in [-0.05, 0) is 43.3 Å². The Morgan fingerprint density at radius 3 is 2.44 bits per heavy atom. The second-order valence-electron chi connectivity index (χ2n) is 7.92. The summed E-state index contributed by atoms with van der Waals surface area (Å²) in [6, 6.07) is 14.6. The van der Waals surface area contributed by atoms with Crippen LogP contribution in [0, 0.1) is 0 Å². The molecule has 0 bridgehead atoms. The van der Waals surface area contributed by atoms with E-state index in [-0.39, 0.29) is 5.91 Å². The maximum atomic E-state index is 13.0. The fraction of sp³-hybridized carbons (Fsp3) is 0.217. The first-order valence-corrected chi connectivity index (χ1v) is 9.94. The largest absolute Gasteiger partial charge is 0.458 e. The van der Waals surface area contributed by atoms with Crippen molar-refractivity contribution in [3.05, 3.63) is 65.9 Å². The van der Waals surface area contributed by atoms with Crippen molar-refractivity contribution >= 4 is 40.4 Å². The van der Waals surface area contributed by atoms with Crippen molar-refractivity contribution in [3.8, 4) is 0 Å². The van der Waals surface area contributed by atoms with Gasteiger partial charge < -0.3 is 20.0 Å². The quantitative estimate of drug-likeness (QED) is 0.600. The van der Waals surface area contributed by atoms with E-state index in [1.165, 1.54) is 4.90 Å². The van der Waals surface area contributed by atoms with Gasteiger partial charge in [0.05, 0.1) is 0 Å². The van der Waals surface area contributed by atoms with Gasteiger partial charge in [-0.15, -0.1) is 0 Å². The second-order valence-corrected chi connectivity index (χ2v) is 7.92. The van der Waals surface area contributed by atoms with Crippen LogP contribution in [0.15, 0.2) is 59.0 Å². The number of furan rings is 1. The number of nitrogens with one attached hydrogen (secondary N) is 2. The zero-order valence-corrected chi connectivity index (χ0v) is 17.8. The van der Waals surface area contributed by atoms with Crippen LogP contribution in [0.1, 0.15) is 23.0 Å². The maximum absolute atomic E-state index is 13.0. The standard InChI is InChI=1S/C23H22N4O5/c1-23(18-12-15-6-4-5-7-17(15)32-18)21(30)27(22(31)25-23)13-19(28)24-16-10-8-14(9-11-16)20(29)26(2)3/h4-12H,13H2,1-3H3,(H,24,28)(H,25,31)/t23-/m0/s1. The van der Waals surface area contributed by atoms with Crippen LogP contribution in [0.3, 0.4) is 0 Å². The third kappa shape index (κ3) is 3.68. The predicted octanol–water partition coefficient (Wildman–Crippen LogP) is 2.54. The summed E-state index contributed by atoms with van der Waals surface area (Å²) >= 11 is 0. The lowest BCUT2D eigenvalue weighted by Gasteiger charge is -2.19. The molecule has 5 amide bonds. The summed E-state index contributed by atoms with van der Waals surface area (Å²) in [5.41, 5.74) is 0.101. The average Bonchev–Trinajstić information content (AvgIpc) is 3.29. The number of anilines is 1. The first-order chi connectivity index (χ1) is 15.2. The summed E-state index contributed by atoms with van der Waals surface area (Å²) in [6.45, 7) is 1.09. The minimum atomic E-state index is -1.41. The van der Waals surface area contributed by atoms with Gasteiger partial charge in [0.15, 0.2) is 5.54 Å². The van der Waals surface area contributed by atoms with Crippen LogP contribution in [-0.2, 0) is 15.1 Å². The van der Waals surface area contributed by atoms with E-state index in [9.17, 15) is 19.2 Å². The summed E-state index contributed by atoms with van der Waals surface area (Å²) in [5, 5.41) is 6.07. The van der Waals surface area contributed by atoms with Gasteiger partial charge in [0.1, 0.15) is 17.9 Å². The number of carbonyl (C=O) groups is 4. The van der Waals surface area contributed by atoms with E-state index in [0.29, 0.717) is 22.6 Å². The highest BCUT2D eigenvalue weighted by atomic mass is 16.3. The number of amides is 5. The number of hydrogen-bond donors (Lipinski definition) is 2. The fourth-order valence-electron chi connectivity index (χ4n) is 3.53. The molecule has 0 radical (unpaired) electrons. The molecule has 1 aliphatic heterocycles. The van der Waals surface area contributed by atoms with Gasteiger partial charge in [0, 0.05) is 30.7 Å². The van der Waals surface area contributed by atoms with E-state index in [2.05, 4.69) is 10.6 Å². The summed E-state index contributed by atoms with van der Waals surface area (Å²) < 4.78 is 5.78. The molecule has 2 aromatic carbocycles. The predicted molar refractivity (Wildman–Crippen MR) is 117 cm³/mol. The van der Waals surface area contributed by atoms with Gasteiger partial charge in [-0.3, -0.25) is 19.3 Å². The molecule has 1 saturated heterocycles. The molecule has 2 heterocycles. The highest BCUT2D eigenvalue weighted by Crippen LogP contribution is 2.33. The van der Waals surface area contributed by atoms with Crippen molar-refractivity contribution in [1.82, 2.24) is 15.1 Å². The Morgan fingerprint density at radius 1 is 1.09 bits per heavy atom. The molecule has 32 heavy (non-hydrogen) atoms. The van der Waals surface area contributed by atoms with Gasteiger partial charge >= 0.3 is 6.03 Å². The molecule has 1 fully saturated rings. The van der Waals surface area contributed by atoms with Crippen LogP contribution in [-0.4, -0.2) is 54.2 Å². The lowest BCUT2D eigenvalue weighted by molar-refractivity contribution is -0.134. The second kappa shape index (κ2) is 7.84. The Labute approximate surface area is 184 Å². The molecule has 2 N–H and O–H groups in total. The fourth-order valence-corrected chi connectivity index (χ4v) is 3.53. The van der Waals surface area contributed by atoms with Crippen LogP contribution in [0.4, 0.5) is 10.5 Å². The van der Waals surface area contributed by atoms with Crippen LogP contribution in [0.5, 0.6) is 0 Å². The van der Waals surface area contributed by atoms with E-state index in [1.54, 1.807) is 57.4 Å². The summed E-state index contributed by atoms with van der Waals surface area (Å²) in [7, 11) is 3.30. The number of benzene rings is 2. The van der Waals surface area contributed by atoms with Gasteiger partial charge in [-0.1, -0.05) is 18.2 Å². The molecule has 164 valence electrons. The highest BCUT2D eigenvalue weighted by Gasteiger charge is 2.51. The lowest BCUT2D eigenvalue weighted by atomic mass is 9.99. The zero-order valence-electron chi connectivity index (χ0n) is 17.8. The van der Waals surface area contributed by atoms with E-state index in [1.807, 2.05) is 18.2 Å². The van der Waals surface area contributed by atoms with Gasteiger partial charge in [0.25, 0.3) is 11.8 Å². The summed E-state index contributed by atoms with van der Waals surface area (Å²) in [4.78, 5) is 52.3. The lowest BCUT2D eigenvalue weighted by Crippen LogP contribution is -2.41. The number of rotatable bonds is 5. The molecule has 9 heteroatoms.